The lowest BCUT2D eigenvalue weighted by Crippen LogP contribution is -2.21. The van der Waals surface area contributed by atoms with E-state index in [1.165, 1.54) is 10.7 Å². The summed E-state index contributed by atoms with van der Waals surface area (Å²) in [5, 5.41) is 10.7. The van der Waals surface area contributed by atoms with Gasteiger partial charge in [0.2, 0.25) is 0 Å². The Morgan fingerprint density at radius 1 is 1.35 bits per heavy atom. The Morgan fingerprint density at radius 3 is 2.55 bits per heavy atom. The maximum atomic E-state index is 12.8. The summed E-state index contributed by atoms with van der Waals surface area (Å²) in [6.07, 6.45) is -4.36. The molecule has 0 fully saturated rings. The Morgan fingerprint density at radius 2 is 2.05 bits per heavy atom. The molecule has 0 saturated heterocycles. The molecule has 0 spiro atoms. The average molecular weight is 349 g/mol. The first kappa shape index (κ1) is 15.0. The topological polar surface area (TPSA) is 42.7 Å². The maximum Gasteiger partial charge on any atom is 0.416 e. The van der Waals surface area contributed by atoms with E-state index in [-0.39, 0.29) is 0 Å². The zero-order valence-corrected chi connectivity index (χ0v) is 12.3. The molecule has 1 unspecified atom stereocenters. The molecule has 0 saturated carbocycles. The molecule has 1 aromatic carbocycles. The van der Waals surface area contributed by atoms with Crippen LogP contribution in [-0.4, -0.2) is 22.0 Å². The standard InChI is InChI=1S/C12H12BrF3N4/c1-17-9(10-11(13)18-19-20(10)2)7-4-3-5-8(6-7)12(14,15)16/h3-6,9,17H,1-2H3. The van der Waals surface area contributed by atoms with Crippen molar-refractivity contribution in [3.8, 4) is 0 Å². The first-order valence-corrected chi connectivity index (χ1v) is 6.53. The van der Waals surface area contributed by atoms with E-state index in [0.29, 0.717) is 15.9 Å². The molecule has 2 aromatic rings. The van der Waals surface area contributed by atoms with Crippen LogP contribution in [0.3, 0.4) is 0 Å². The highest BCUT2D eigenvalue weighted by atomic mass is 79.9. The van der Waals surface area contributed by atoms with Crippen LogP contribution in [-0.2, 0) is 13.2 Å². The Bertz CT molecular complexity index is 589. The fraction of sp³-hybridized carbons (Fsp3) is 0.333. The lowest BCUT2D eigenvalue weighted by Gasteiger charge is -2.18. The van der Waals surface area contributed by atoms with Crippen molar-refractivity contribution in [2.24, 2.45) is 7.05 Å². The van der Waals surface area contributed by atoms with Crippen LogP contribution in [0.25, 0.3) is 0 Å². The van der Waals surface area contributed by atoms with Crippen LogP contribution in [0.1, 0.15) is 22.9 Å². The average Bonchev–Trinajstić information content (AvgIpc) is 2.71. The molecule has 4 nitrogen and oxygen atoms in total. The van der Waals surface area contributed by atoms with Crippen LogP contribution < -0.4 is 5.32 Å². The summed E-state index contributed by atoms with van der Waals surface area (Å²) in [6.45, 7) is 0. The van der Waals surface area contributed by atoms with Gasteiger partial charge in [-0.05, 0) is 40.7 Å². The Balaban J connectivity index is 2.48. The van der Waals surface area contributed by atoms with E-state index in [2.05, 4.69) is 31.6 Å². The molecule has 108 valence electrons. The van der Waals surface area contributed by atoms with Crippen molar-refractivity contribution in [3.63, 3.8) is 0 Å². The molecule has 1 N–H and O–H groups in total. The highest BCUT2D eigenvalue weighted by Gasteiger charge is 2.31. The third-order valence-electron chi connectivity index (χ3n) is 2.94. The second kappa shape index (κ2) is 5.53. The molecule has 0 amide bonds. The van der Waals surface area contributed by atoms with Crippen LogP contribution >= 0.6 is 15.9 Å². The first-order chi connectivity index (χ1) is 9.34. The van der Waals surface area contributed by atoms with Gasteiger partial charge in [-0.2, -0.15) is 13.2 Å². The number of alkyl halides is 3. The van der Waals surface area contributed by atoms with Gasteiger partial charge < -0.3 is 5.32 Å². The lowest BCUT2D eigenvalue weighted by molar-refractivity contribution is -0.137. The zero-order valence-electron chi connectivity index (χ0n) is 10.7. The van der Waals surface area contributed by atoms with Crippen molar-refractivity contribution >= 4 is 15.9 Å². The van der Waals surface area contributed by atoms with Gasteiger partial charge in [-0.15, -0.1) is 5.10 Å². The summed E-state index contributed by atoms with van der Waals surface area (Å²) >= 11 is 3.26. The highest BCUT2D eigenvalue weighted by Crippen LogP contribution is 2.33. The Labute approximate surface area is 122 Å². The van der Waals surface area contributed by atoms with Crippen molar-refractivity contribution in [1.82, 2.24) is 20.3 Å². The van der Waals surface area contributed by atoms with Gasteiger partial charge in [0, 0.05) is 7.05 Å². The molecule has 1 heterocycles. The van der Waals surface area contributed by atoms with Crippen molar-refractivity contribution in [1.29, 1.82) is 0 Å². The van der Waals surface area contributed by atoms with Crippen LogP contribution in [0.5, 0.6) is 0 Å². The Kier molecular flexibility index (Phi) is 4.14. The monoisotopic (exact) mass is 348 g/mol. The van der Waals surface area contributed by atoms with Crippen molar-refractivity contribution in [2.75, 3.05) is 7.05 Å². The molecule has 1 aromatic heterocycles. The number of hydrogen-bond donors (Lipinski definition) is 1. The summed E-state index contributed by atoms with van der Waals surface area (Å²) in [4.78, 5) is 0. The van der Waals surface area contributed by atoms with E-state index < -0.39 is 17.8 Å². The maximum absolute atomic E-state index is 12.8. The summed E-state index contributed by atoms with van der Waals surface area (Å²) in [5.41, 5.74) is 0.474. The smallest absolute Gasteiger partial charge is 0.308 e. The van der Waals surface area contributed by atoms with E-state index >= 15 is 0 Å². The molecule has 20 heavy (non-hydrogen) atoms. The number of aryl methyl sites for hydroxylation is 1. The van der Waals surface area contributed by atoms with Crippen LogP contribution in [0, 0.1) is 0 Å². The summed E-state index contributed by atoms with van der Waals surface area (Å²) in [7, 11) is 3.36. The minimum Gasteiger partial charge on any atom is -0.308 e. The normalized spacial score (nSPS) is 13.5. The van der Waals surface area contributed by atoms with Gasteiger partial charge in [0.05, 0.1) is 17.3 Å². The first-order valence-electron chi connectivity index (χ1n) is 5.74. The van der Waals surface area contributed by atoms with E-state index in [0.717, 1.165) is 12.1 Å². The molecule has 0 aliphatic rings. The molecule has 8 heteroatoms. The molecule has 0 aliphatic carbocycles. The SMILES string of the molecule is CNC(c1cccc(C(F)(F)F)c1)c1c(Br)nnn1C. The van der Waals surface area contributed by atoms with Crippen LogP contribution in [0.2, 0.25) is 0 Å². The fourth-order valence-corrected chi connectivity index (χ4v) is 2.56. The van der Waals surface area contributed by atoms with Crippen molar-refractivity contribution in [3.05, 3.63) is 45.7 Å². The van der Waals surface area contributed by atoms with Gasteiger partial charge in [-0.1, -0.05) is 17.3 Å². The van der Waals surface area contributed by atoms with Gasteiger partial charge in [0.25, 0.3) is 0 Å². The number of benzene rings is 1. The van der Waals surface area contributed by atoms with Gasteiger partial charge in [-0.25, -0.2) is 4.68 Å². The van der Waals surface area contributed by atoms with Gasteiger partial charge >= 0.3 is 6.18 Å². The molecule has 0 radical (unpaired) electrons. The number of hydrogen-bond acceptors (Lipinski definition) is 3. The quantitative estimate of drug-likeness (QED) is 0.927. The third kappa shape index (κ3) is 2.85. The molecular weight excluding hydrogens is 337 g/mol. The van der Waals surface area contributed by atoms with Crippen molar-refractivity contribution < 1.29 is 13.2 Å². The molecule has 0 bridgehead atoms. The minimum atomic E-state index is -4.36. The lowest BCUT2D eigenvalue weighted by atomic mass is 10.0. The molecule has 0 aliphatic heterocycles. The number of nitrogens with one attached hydrogen (secondary N) is 1. The van der Waals surface area contributed by atoms with Gasteiger partial charge in [-0.3, -0.25) is 0 Å². The Hall–Kier alpha value is -1.41. The highest BCUT2D eigenvalue weighted by molar-refractivity contribution is 9.10. The molecular formula is C12H12BrF3N4. The van der Waals surface area contributed by atoms with Gasteiger partial charge in [0.1, 0.15) is 0 Å². The molecule has 2 rings (SSSR count). The second-order valence-electron chi connectivity index (χ2n) is 4.23. The van der Waals surface area contributed by atoms with E-state index in [9.17, 15) is 13.2 Å². The van der Waals surface area contributed by atoms with Crippen LogP contribution in [0.4, 0.5) is 13.2 Å². The fourth-order valence-electron chi connectivity index (χ4n) is 2.00. The molecule has 1 atom stereocenters. The van der Waals surface area contributed by atoms with E-state index in [4.69, 9.17) is 0 Å². The number of aromatic nitrogens is 3. The van der Waals surface area contributed by atoms with Gasteiger partial charge in [0.15, 0.2) is 4.60 Å². The van der Waals surface area contributed by atoms with Crippen LogP contribution in [0.15, 0.2) is 28.9 Å². The number of halogens is 4. The largest absolute Gasteiger partial charge is 0.416 e. The predicted octanol–water partition coefficient (Wildman–Crippen LogP) is 2.91. The summed E-state index contributed by atoms with van der Waals surface area (Å²) in [5.74, 6) is 0. The zero-order chi connectivity index (χ0) is 14.9. The minimum absolute atomic E-state index is 0.438. The predicted molar refractivity (Wildman–Crippen MR) is 71.0 cm³/mol. The number of nitrogens with zero attached hydrogens (tertiary/aromatic N) is 3. The third-order valence-corrected chi connectivity index (χ3v) is 3.50. The van der Waals surface area contributed by atoms with E-state index in [1.807, 2.05) is 0 Å². The number of rotatable bonds is 3. The van der Waals surface area contributed by atoms with Crippen molar-refractivity contribution in [2.45, 2.75) is 12.2 Å². The summed E-state index contributed by atoms with van der Waals surface area (Å²) < 4.78 is 40.3. The second-order valence-corrected chi connectivity index (χ2v) is 4.99. The van der Waals surface area contributed by atoms with E-state index in [1.54, 1.807) is 20.2 Å². The summed E-state index contributed by atoms with van der Waals surface area (Å²) in [6, 6.07) is 4.76.